The first-order chi connectivity index (χ1) is 27.7. The van der Waals surface area contributed by atoms with Crippen molar-refractivity contribution in [3.8, 4) is 62.1 Å². The van der Waals surface area contributed by atoms with Gasteiger partial charge in [-0.15, -0.1) is 0 Å². The first-order valence-corrected chi connectivity index (χ1v) is 18.8. The number of aromatic nitrogens is 4. The molecule has 0 aliphatic heterocycles. The molecule has 5 heteroatoms. The highest BCUT2D eigenvalue weighted by Crippen LogP contribution is 2.38. The highest BCUT2D eigenvalue weighted by molar-refractivity contribution is 6.11. The van der Waals surface area contributed by atoms with Crippen LogP contribution in [-0.4, -0.2) is 19.5 Å². The van der Waals surface area contributed by atoms with Crippen molar-refractivity contribution in [3.63, 3.8) is 0 Å². The molecule has 0 atom stereocenters. The first kappa shape index (κ1) is 31.9. The maximum atomic E-state index is 6.58. The fraction of sp³-hybridized carbons (Fsp3) is 0. The Morgan fingerprint density at radius 1 is 0.304 bits per heavy atom. The van der Waals surface area contributed by atoms with E-state index >= 15 is 0 Å². The van der Waals surface area contributed by atoms with Crippen LogP contribution in [0.2, 0.25) is 0 Å². The van der Waals surface area contributed by atoms with Gasteiger partial charge in [0.2, 0.25) is 0 Å². The van der Waals surface area contributed by atoms with Gasteiger partial charge in [0.25, 0.3) is 0 Å². The topological polar surface area (TPSA) is 56.7 Å². The van der Waals surface area contributed by atoms with Gasteiger partial charge in [-0.3, -0.25) is 0 Å². The molecule has 0 fully saturated rings. The average Bonchev–Trinajstić information content (AvgIpc) is 3.81. The van der Waals surface area contributed by atoms with Crippen LogP contribution >= 0.6 is 0 Å². The minimum absolute atomic E-state index is 0.598. The van der Waals surface area contributed by atoms with Crippen LogP contribution in [0.3, 0.4) is 0 Å². The zero-order valence-corrected chi connectivity index (χ0v) is 30.2. The largest absolute Gasteiger partial charge is 0.456 e. The number of benzene rings is 8. The van der Waals surface area contributed by atoms with Crippen LogP contribution in [0.5, 0.6) is 0 Å². The first-order valence-electron chi connectivity index (χ1n) is 18.8. The van der Waals surface area contributed by atoms with Crippen LogP contribution in [0, 0.1) is 0 Å². The lowest BCUT2D eigenvalue weighted by molar-refractivity contribution is 0.669. The second-order valence-electron chi connectivity index (χ2n) is 14.1. The number of hydrogen-bond acceptors (Lipinski definition) is 4. The van der Waals surface area contributed by atoms with Gasteiger partial charge in [-0.1, -0.05) is 133 Å². The number of rotatable bonds is 6. The van der Waals surface area contributed by atoms with E-state index in [0.717, 1.165) is 61.0 Å². The summed E-state index contributed by atoms with van der Waals surface area (Å²) in [5.74, 6) is 1.86. The van der Waals surface area contributed by atoms with E-state index in [1.54, 1.807) is 0 Å². The molecule has 5 nitrogen and oxygen atoms in total. The van der Waals surface area contributed by atoms with Gasteiger partial charge in [0.05, 0.1) is 11.0 Å². The molecule has 0 spiro atoms. The summed E-state index contributed by atoms with van der Waals surface area (Å²) in [4.78, 5) is 14.7. The minimum atomic E-state index is 0.598. The van der Waals surface area contributed by atoms with E-state index < -0.39 is 0 Å². The molecule has 8 aromatic carbocycles. The lowest BCUT2D eigenvalue weighted by Crippen LogP contribution is -2.00. The molecule has 0 unspecified atom stereocenters. The SMILES string of the molecule is c1ccc(-c2nc(-c3ccccc3)nc(-c3ccc4c(c3)oc3cc(-c5cccc(-c6ccc7c(c6)c6ccccc6n7-c6ccccc6)c5)ccc34)n2)cc1. The van der Waals surface area contributed by atoms with Crippen LogP contribution in [0.15, 0.2) is 199 Å². The van der Waals surface area contributed by atoms with Crippen molar-refractivity contribution in [1.82, 2.24) is 19.5 Å². The summed E-state index contributed by atoms with van der Waals surface area (Å²) in [6, 6.07) is 67.6. The van der Waals surface area contributed by atoms with Crippen LogP contribution < -0.4 is 0 Å². The molecule has 11 aromatic rings. The van der Waals surface area contributed by atoms with E-state index in [1.165, 1.54) is 27.4 Å². The number of furan rings is 1. The Kier molecular flexibility index (Phi) is 7.42. The third kappa shape index (κ3) is 5.45. The molecule has 0 saturated heterocycles. The Balaban J connectivity index is 0.963. The van der Waals surface area contributed by atoms with Crippen molar-refractivity contribution in [2.24, 2.45) is 0 Å². The van der Waals surface area contributed by atoms with Crippen molar-refractivity contribution >= 4 is 43.7 Å². The fourth-order valence-corrected chi connectivity index (χ4v) is 7.92. The molecule has 262 valence electrons. The van der Waals surface area contributed by atoms with Crippen molar-refractivity contribution in [1.29, 1.82) is 0 Å². The van der Waals surface area contributed by atoms with E-state index in [1.807, 2.05) is 66.7 Å². The van der Waals surface area contributed by atoms with E-state index in [2.05, 4.69) is 132 Å². The molecule has 0 bridgehead atoms. The second-order valence-corrected chi connectivity index (χ2v) is 14.1. The summed E-state index contributed by atoms with van der Waals surface area (Å²) in [5.41, 5.74) is 12.5. The van der Waals surface area contributed by atoms with Crippen molar-refractivity contribution in [2.75, 3.05) is 0 Å². The Bertz CT molecular complexity index is 3180. The molecule has 0 amide bonds. The summed E-state index contributed by atoms with van der Waals surface area (Å²) >= 11 is 0. The molecule has 0 saturated carbocycles. The summed E-state index contributed by atoms with van der Waals surface area (Å²) in [7, 11) is 0. The summed E-state index contributed by atoms with van der Waals surface area (Å²) in [6.45, 7) is 0. The van der Waals surface area contributed by atoms with Gasteiger partial charge in [-0.25, -0.2) is 15.0 Å². The third-order valence-electron chi connectivity index (χ3n) is 10.6. The minimum Gasteiger partial charge on any atom is -0.456 e. The van der Waals surface area contributed by atoms with Gasteiger partial charge in [-0.2, -0.15) is 0 Å². The third-order valence-corrected chi connectivity index (χ3v) is 10.6. The van der Waals surface area contributed by atoms with E-state index in [9.17, 15) is 0 Å². The second kappa shape index (κ2) is 13.0. The molecular formula is C51H32N4O. The highest BCUT2D eigenvalue weighted by Gasteiger charge is 2.16. The van der Waals surface area contributed by atoms with E-state index in [0.29, 0.717) is 17.5 Å². The van der Waals surface area contributed by atoms with Gasteiger partial charge >= 0.3 is 0 Å². The number of fused-ring (bicyclic) bond motifs is 6. The highest BCUT2D eigenvalue weighted by atomic mass is 16.3. The Hall–Kier alpha value is -7.63. The van der Waals surface area contributed by atoms with Gasteiger partial charge in [0, 0.05) is 43.9 Å². The monoisotopic (exact) mass is 716 g/mol. The molecule has 3 aromatic heterocycles. The summed E-state index contributed by atoms with van der Waals surface area (Å²) in [6.07, 6.45) is 0. The maximum Gasteiger partial charge on any atom is 0.164 e. The Labute approximate surface area is 322 Å². The van der Waals surface area contributed by atoms with Gasteiger partial charge in [0.1, 0.15) is 11.2 Å². The van der Waals surface area contributed by atoms with Crippen molar-refractivity contribution in [2.45, 2.75) is 0 Å². The standard InChI is InChI=1S/C51H32N4O/c1-4-13-33(14-5-1)49-52-50(34-15-6-2-7-16-34)54-51(53-49)39-24-27-43-42-26-23-38(31-47(42)56-48(43)32-39)36-18-12-17-35(29-36)37-25-28-46-44(30-37)41-21-10-11-22-45(41)55(46)40-19-8-3-9-20-40/h1-32H. The summed E-state index contributed by atoms with van der Waals surface area (Å²) in [5, 5.41) is 4.59. The maximum absolute atomic E-state index is 6.58. The Morgan fingerprint density at radius 2 is 0.768 bits per heavy atom. The van der Waals surface area contributed by atoms with Crippen LogP contribution in [-0.2, 0) is 0 Å². The van der Waals surface area contributed by atoms with E-state index in [4.69, 9.17) is 19.4 Å². The quantitative estimate of drug-likeness (QED) is 0.172. The van der Waals surface area contributed by atoms with Crippen LogP contribution in [0.1, 0.15) is 0 Å². The predicted octanol–water partition coefficient (Wildman–Crippen LogP) is 13.2. The van der Waals surface area contributed by atoms with Gasteiger partial charge in [-0.05, 0) is 82.9 Å². The molecule has 11 rings (SSSR count). The zero-order valence-electron chi connectivity index (χ0n) is 30.2. The van der Waals surface area contributed by atoms with E-state index in [-0.39, 0.29) is 0 Å². The molecule has 0 radical (unpaired) electrons. The van der Waals surface area contributed by atoms with Gasteiger partial charge in [0.15, 0.2) is 17.5 Å². The number of nitrogens with zero attached hydrogens (tertiary/aromatic N) is 4. The Morgan fingerprint density at radius 3 is 1.43 bits per heavy atom. The lowest BCUT2D eigenvalue weighted by atomic mass is 9.97. The van der Waals surface area contributed by atoms with Crippen molar-refractivity contribution in [3.05, 3.63) is 194 Å². The van der Waals surface area contributed by atoms with Crippen LogP contribution in [0.4, 0.5) is 0 Å². The normalized spacial score (nSPS) is 11.6. The fourth-order valence-electron chi connectivity index (χ4n) is 7.92. The van der Waals surface area contributed by atoms with Crippen molar-refractivity contribution < 1.29 is 4.42 Å². The average molecular weight is 717 g/mol. The molecule has 56 heavy (non-hydrogen) atoms. The van der Waals surface area contributed by atoms with Crippen LogP contribution in [0.25, 0.3) is 106 Å². The molecular weight excluding hydrogens is 685 g/mol. The molecule has 0 aliphatic carbocycles. The lowest BCUT2D eigenvalue weighted by Gasteiger charge is -2.09. The number of hydrogen-bond donors (Lipinski definition) is 0. The molecule has 0 aliphatic rings. The molecule has 0 N–H and O–H groups in total. The predicted molar refractivity (Wildman–Crippen MR) is 229 cm³/mol. The molecule has 3 heterocycles. The summed E-state index contributed by atoms with van der Waals surface area (Å²) < 4.78 is 8.93. The zero-order chi connectivity index (χ0) is 37.0. The smallest absolute Gasteiger partial charge is 0.164 e. The number of para-hydroxylation sites is 2. The van der Waals surface area contributed by atoms with Gasteiger partial charge < -0.3 is 8.98 Å².